The molecule has 0 radical (unpaired) electrons. The van der Waals surface area contributed by atoms with Crippen LogP contribution in [0.5, 0.6) is 0 Å². The van der Waals surface area contributed by atoms with Crippen LogP contribution in [0.15, 0.2) is 22.7 Å². The predicted octanol–water partition coefficient (Wildman–Crippen LogP) is 5.72. The number of halogens is 2. The van der Waals surface area contributed by atoms with E-state index in [1.54, 1.807) is 0 Å². The first-order chi connectivity index (χ1) is 8.69. The molecule has 1 aromatic rings. The van der Waals surface area contributed by atoms with Gasteiger partial charge in [0.2, 0.25) is 0 Å². The van der Waals surface area contributed by atoms with Gasteiger partial charge in [0.1, 0.15) is 0 Å². The lowest BCUT2D eigenvalue weighted by molar-refractivity contribution is 0.481. The molecule has 3 heteroatoms. The number of hydrogen-bond donors (Lipinski definition) is 1. The van der Waals surface area contributed by atoms with Gasteiger partial charge < -0.3 is 5.32 Å². The van der Waals surface area contributed by atoms with Crippen LogP contribution < -0.4 is 5.32 Å². The zero-order valence-electron chi connectivity index (χ0n) is 11.3. The highest BCUT2D eigenvalue weighted by Crippen LogP contribution is 2.28. The molecule has 102 valence electrons. The van der Waals surface area contributed by atoms with Crippen molar-refractivity contribution in [1.29, 1.82) is 0 Å². The average Bonchev–Trinajstić information content (AvgIpc) is 2.37. The van der Waals surface area contributed by atoms with Gasteiger partial charge in [-0.05, 0) is 46.6 Å². The van der Waals surface area contributed by atoms with Crippen LogP contribution in [0.2, 0.25) is 5.02 Å². The Morgan fingerprint density at radius 3 is 2.61 bits per heavy atom. The summed E-state index contributed by atoms with van der Waals surface area (Å²) < 4.78 is 0.984. The van der Waals surface area contributed by atoms with Gasteiger partial charge in [0.05, 0.1) is 5.02 Å². The van der Waals surface area contributed by atoms with E-state index in [0.717, 1.165) is 16.0 Å². The number of unbranched alkanes of at least 4 members (excludes halogenated alkanes) is 3. The Hall–Kier alpha value is -0.0500. The van der Waals surface area contributed by atoms with Crippen molar-refractivity contribution in [2.45, 2.75) is 52.0 Å². The predicted molar refractivity (Wildman–Crippen MR) is 84.3 cm³/mol. The Morgan fingerprint density at radius 1 is 1.22 bits per heavy atom. The third-order valence-electron chi connectivity index (χ3n) is 3.14. The Bertz CT molecular complexity index is 354. The molecule has 0 aromatic heterocycles. The van der Waals surface area contributed by atoms with E-state index in [1.807, 2.05) is 6.07 Å². The Balaban J connectivity index is 2.61. The third-order valence-corrected chi connectivity index (χ3v) is 4.36. The van der Waals surface area contributed by atoms with Gasteiger partial charge in [-0.25, -0.2) is 0 Å². The second-order valence-corrected chi connectivity index (χ2v) is 5.89. The fourth-order valence-electron chi connectivity index (χ4n) is 2.14. The van der Waals surface area contributed by atoms with Crippen molar-refractivity contribution in [2.75, 3.05) is 6.54 Å². The van der Waals surface area contributed by atoms with Gasteiger partial charge in [0, 0.05) is 10.5 Å². The fourth-order valence-corrected chi connectivity index (χ4v) is 2.65. The zero-order chi connectivity index (χ0) is 13.4. The molecule has 0 heterocycles. The molecule has 18 heavy (non-hydrogen) atoms. The molecule has 0 amide bonds. The lowest BCUT2D eigenvalue weighted by atomic mass is 10.00. The number of nitrogens with one attached hydrogen (secondary N) is 1. The minimum atomic E-state index is 0.445. The van der Waals surface area contributed by atoms with E-state index in [2.05, 4.69) is 47.2 Å². The quantitative estimate of drug-likeness (QED) is 0.600. The minimum absolute atomic E-state index is 0.445. The Labute approximate surface area is 124 Å². The van der Waals surface area contributed by atoms with Crippen LogP contribution in [0.4, 0.5) is 0 Å². The van der Waals surface area contributed by atoms with Crippen molar-refractivity contribution in [3.8, 4) is 0 Å². The highest BCUT2D eigenvalue weighted by molar-refractivity contribution is 9.10. The molecular weight excluding hydrogens is 310 g/mol. The second-order valence-electron chi connectivity index (χ2n) is 4.63. The summed E-state index contributed by atoms with van der Waals surface area (Å²) in [6, 6.07) is 6.67. The average molecular weight is 333 g/mol. The second kappa shape index (κ2) is 8.95. The van der Waals surface area contributed by atoms with Gasteiger partial charge in [-0.15, -0.1) is 0 Å². The molecule has 0 aliphatic heterocycles. The number of benzene rings is 1. The van der Waals surface area contributed by atoms with Crippen LogP contribution >= 0.6 is 27.5 Å². The number of hydrogen-bond acceptors (Lipinski definition) is 1. The van der Waals surface area contributed by atoms with Gasteiger partial charge >= 0.3 is 0 Å². The summed E-state index contributed by atoms with van der Waals surface area (Å²) in [7, 11) is 0. The van der Waals surface area contributed by atoms with E-state index in [-0.39, 0.29) is 0 Å². The van der Waals surface area contributed by atoms with Crippen molar-refractivity contribution in [2.24, 2.45) is 0 Å². The van der Waals surface area contributed by atoms with E-state index in [1.165, 1.54) is 37.7 Å². The Morgan fingerprint density at radius 2 is 2.00 bits per heavy atom. The SMILES string of the molecule is CCCCCCC(NCC)c1ccc(Cl)c(Br)c1. The molecule has 0 saturated heterocycles. The third kappa shape index (κ3) is 5.29. The molecule has 1 unspecified atom stereocenters. The summed E-state index contributed by atoms with van der Waals surface area (Å²) in [4.78, 5) is 0. The van der Waals surface area contributed by atoms with Crippen LogP contribution in [-0.2, 0) is 0 Å². The summed E-state index contributed by atoms with van der Waals surface area (Å²) >= 11 is 9.54. The Kier molecular flexibility index (Phi) is 7.96. The lowest BCUT2D eigenvalue weighted by Gasteiger charge is -2.19. The molecule has 0 spiro atoms. The van der Waals surface area contributed by atoms with Gasteiger partial charge in [-0.3, -0.25) is 0 Å². The topological polar surface area (TPSA) is 12.0 Å². The summed E-state index contributed by atoms with van der Waals surface area (Å²) in [6.07, 6.45) is 6.43. The molecule has 1 atom stereocenters. The van der Waals surface area contributed by atoms with E-state index >= 15 is 0 Å². The summed E-state index contributed by atoms with van der Waals surface area (Å²) in [5.41, 5.74) is 1.32. The van der Waals surface area contributed by atoms with E-state index < -0.39 is 0 Å². The summed E-state index contributed by atoms with van der Waals surface area (Å²) in [5.74, 6) is 0. The van der Waals surface area contributed by atoms with Crippen LogP contribution in [0.25, 0.3) is 0 Å². The van der Waals surface area contributed by atoms with Gasteiger partial charge in [-0.2, -0.15) is 0 Å². The molecule has 1 nitrogen and oxygen atoms in total. The standard InChI is InChI=1S/C15H23BrClN/c1-3-5-6-7-8-15(18-4-2)12-9-10-14(17)13(16)11-12/h9-11,15,18H,3-8H2,1-2H3. The van der Waals surface area contributed by atoms with Crippen molar-refractivity contribution in [1.82, 2.24) is 5.32 Å². The molecule has 0 fully saturated rings. The molecule has 0 aliphatic rings. The van der Waals surface area contributed by atoms with E-state index in [9.17, 15) is 0 Å². The van der Waals surface area contributed by atoms with Crippen molar-refractivity contribution in [3.05, 3.63) is 33.3 Å². The number of rotatable bonds is 8. The van der Waals surface area contributed by atoms with E-state index in [0.29, 0.717) is 6.04 Å². The molecule has 0 bridgehead atoms. The van der Waals surface area contributed by atoms with Crippen LogP contribution in [0.3, 0.4) is 0 Å². The summed E-state index contributed by atoms with van der Waals surface area (Å²) in [5, 5.41) is 4.34. The first kappa shape index (κ1) is 16.0. The van der Waals surface area contributed by atoms with Crippen LogP contribution in [0.1, 0.15) is 57.6 Å². The summed E-state index contributed by atoms with van der Waals surface area (Å²) in [6.45, 7) is 5.40. The highest BCUT2D eigenvalue weighted by atomic mass is 79.9. The van der Waals surface area contributed by atoms with Gasteiger partial charge in [0.15, 0.2) is 0 Å². The largest absolute Gasteiger partial charge is 0.310 e. The highest BCUT2D eigenvalue weighted by Gasteiger charge is 2.11. The maximum Gasteiger partial charge on any atom is 0.0548 e. The first-order valence-corrected chi connectivity index (χ1v) is 8.04. The fraction of sp³-hybridized carbons (Fsp3) is 0.600. The minimum Gasteiger partial charge on any atom is -0.310 e. The van der Waals surface area contributed by atoms with Crippen molar-refractivity contribution >= 4 is 27.5 Å². The monoisotopic (exact) mass is 331 g/mol. The lowest BCUT2D eigenvalue weighted by Crippen LogP contribution is -2.20. The first-order valence-electron chi connectivity index (χ1n) is 6.87. The molecule has 1 rings (SSSR count). The molecule has 1 N–H and O–H groups in total. The normalized spacial score (nSPS) is 12.7. The maximum atomic E-state index is 6.04. The molecule has 0 aliphatic carbocycles. The van der Waals surface area contributed by atoms with Gasteiger partial charge in [-0.1, -0.05) is 57.2 Å². The van der Waals surface area contributed by atoms with Crippen molar-refractivity contribution in [3.63, 3.8) is 0 Å². The van der Waals surface area contributed by atoms with Crippen LogP contribution in [-0.4, -0.2) is 6.54 Å². The molecule has 0 saturated carbocycles. The molecular formula is C15H23BrClN. The van der Waals surface area contributed by atoms with Crippen LogP contribution in [0, 0.1) is 0 Å². The smallest absolute Gasteiger partial charge is 0.0548 e. The zero-order valence-corrected chi connectivity index (χ0v) is 13.6. The maximum absolute atomic E-state index is 6.04. The van der Waals surface area contributed by atoms with Gasteiger partial charge in [0.25, 0.3) is 0 Å². The van der Waals surface area contributed by atoms with E-state index in [4.69, 9.17) is 11.6 Å². The molecule has 1 aromatic carbocycles. The van der Waals surface area contributed by atoms with Crippen molar-refractivity contribution < 1.29 is 0 Å².